The zero-order valence-electron chi connectivity index (χ0n) is 12.0. The third-order valence-electron chi connectivity index (χ3n) is 3.03. The standard InChI is InChI=1S/C15H18O5S/c1-4-12(13-6-7-21(18,19)10-13)9-14(8-11(3)16)15(17)20-5-2/h1,6-7,10,12,14H,5,8-9H2,2-3H3/t12-,14-/m0/s1. The lowest BCUT2D eigenvalue weighted by atomic mass is 9.87. The number of sulfone groups is 1. The molecular formula is C15H18O5S. The molecule has 21 heavy (non-hydrogen) atoms. The van der Waals surface area contributed by atoms with Crippen molar-refractivity contribution in [2.24, 2.45) is 11.8 Å². The highest BCUT2D eigenvalue weighted by atomic mass is 32.2. The zero-order chi connectivity index (χ0) is 16.0. The van der Waals surface area contributed by atoms with Gasteiger partial charge in [-0.1, -0.05) is 5.92 Å². The van der Waals surface area contributed by atoms with E-state index in [9.17, 15) is 18.0 Å². The molecule has 2 atom stereocenters. The van der Waals surface area contributed by atoms with Crippen molar-refractivity contribution < 1.29 is 22.7 Å². The van der Waals surface area contributed by atoms with Crippen LogP contribution in [0.2, 0.25) is 0 Å². The molecule has 0 fully saturated rings. The molecule has 0 N–H and O–H groups in total. The molecule has 1 rings (SSSR count). The topological polar surface area (TPSA) is 77.5 Å². The van der Waals surface area contributed by atoms with Crippen LogP contribution in [0.1, 0.15) is 26.7 Å². The van der Waals surface area contributed by atoms with Gasteiger partial charge in [-0.2, -0.15) is 0 Å². The number of allylic oxidation sites excluding steroid dienone is 2. The summed E-state index contributed by atoms with van der Waals surface area (Å²) in [4.78, 5) is 23.1. The molecule has 0 saturated heterocycles. The Morgan fingerprint density at radius 2 is 2.10 bits per heavy atom. The molecule has 1 aliphatic rings. The summed E-state index contributed by atoms with van der Waals surface area (Å²) in [6.07, 6.45) is 7.07. The number of Topliss-reactive ketones (excluding diaryl/α,β-unsaturated/α-hetero) is 1. The molecule has 1 heterocycles. The van der Waals surface area contributed by atoms with Crippen LogP contribution in [0.4, 0.5) is 0 Å². The van der Waals surface area contributed by atoms with E-state index in [0.717, 1.165) is 10.8 Å². The van der Waals surface area contributed by atoms with Crippen LogP contribution < -0.4 is 0 Å². The van der Waals surface area contributed by atoms with E-state index >= 15 is 0 Å². The van der Waals surface area contributed by atoms with E-state index in [1.165, 1.54) is 13.0 Å². The van der Waals surface area contributed by atoms with Crippen molar-refractivity contribution in [3.8, 4) is 12.3 Å². The van der Waals surface area contributed by atoms with Crippen molar-refractivity contribution in [2.75, 3.05) is 6.61 Å². The maximum absolute atomic E-state index is 11.9. The average molecular weight is 310 g/mol. The summed E-state index contributed by atoms with van der Waals surface area (Å²) in [7, 11) is -3.36. The minimum Gasteiger partial charge on any atom is -0.466 e. The maximum atomic E-state index is 11.9. The summed E-state index contributed by atoms with van der Waals surface area (Å²) in [6.45, 7) is 3.28. The lowest BCUT2D eigenvalue weighted by Crippen LogP contribution is -2.23. The van der Waals surface area contributed by atoms with Crippen LogP contribution in [0.15, 0.2) is 22.5 Å². The lowest BCUT2D eigenvalue weighted by Gasteiger charge is -2.18. The molecule has 0 aromatic carbocycles. The molecule has 0 aromatic rings. The van der Waals surface area contributed by atoms with Gasteiger partial charge in [0.05, 0.1) is 12.5 Å². The first-order chi connectivity index (χ1) is 9.79. The highest BCUT2D eigenvalue weighted by Crippen LogP contribution is 2.28. The Hall–Kier alpha value is -1.87. The Labute approximate surface area is 125 Å². The van der Waals surface area contributed by atoms with E-state index in [4.69, 9.17) is 11.2 Å². The largest absolute Gasteiger partial charge is 0.466 e. The minimum absolute atomic E-state index is 0.0285. The second kappa shape index (κ2) is 7.23. The van der Waals surface area contributed by atoms with E-state index in [-0.39, 0.29) is 25.2 Å². The molecule has 0 spiro atoms. The van der Waals surface area contributed by atoms with E-state index in [1.807, 2.05) is 0 Å². The predicted octanol–water partition coefficient (Wildman–Crippen LogP) is 1.61. The molecule has 6 heteroatoms. The Kier molecular flexibility index (Phi) is 5.91. The van der Waals surface area contributed by atoms with Crippen molar-refractivity contribution in [3.63, 3.8) is 0 Å². The monoisotopic (exact) mass is 310 g/mol. The van der Waals surface area contributed by atoms with Gasteiger partial charge in [-0.05, 0) is 31.9 Å². The quantitative estimate of drug-likeness (QED) is 0.527. The third-order valence-corrected chi connectivity index (χ3v) is 4.14. The molecule has 5 nitrogen and oxygen atoms in total. The number of terminal acetylenes is 1. The van der Waals surface area contributed by atoms with Crippen LogP contribution in [0.25, 0.3) is 0 Å². The second-order valence-electron chi connectivity index (χ2n) is 4.82. The van der Waals surface area contributed by atoms with Crippen molar-refractivity contribution in [1.82, 2.24) is 0 Å². The van der Waals surface area contributed by atoms with Crippen molar-refractivity contribution in [3.05, 3.63) is 22.5 Å². The van der Waals surface area contributed by atoms with Gasteiger partial charge in [-0.3, -0.25) is 4.79 Å². The summed E-state index contributed by atoms with van der Waals surface area (Å²) in [5.74, 6) is 0.631. The van der Waals surface area contributed by atoms with Gasteiger partial charge in [0.1, 0.15) is 5.78 Å². The Morgan fingerprint density at radius 3 is 2.52 bits per heavy atom. The number of carbonyl (C=O) groups is 2. The molecular weight excluding hydrogens is 292 g/mol. The zero-order valence-corrected chi connectivity index (χ0v) is 12.9. The van der Waals surface area contributed by atoms with E-state index < -0.39 is 27.6 Å². The fourth-order valence-corrected chi connectivity index (χ4v) is 3.14. The Morgan fingerprint density at radius 1 is 1.43 bits per heavy atom. The number of hydrogen-bond donors (Lipinski definition) is 0. The van der Waals surface area contributed by atoms with Crippen LogP contribution in [0.3, 0.4) is 0 Å². The third kappa shape index (κ3) is 5.20. The van der Waals surface area contributed by atoms with E-state index in [2.05, 4.69) is 5.92 Å². The van der Waals surface area contributed by atoms with Gasteiger partial charge in [-0.15, -0.1) is 6.42 Å². The molecule has 1 aliphatic heterocycles. The first-order valence-electron chi connectivity index (χ1n) is 6.56. The number of ketones is 1. The summed E-state index contributed by atoms with van der Waals surface area (Å²) < 4.78 is 27.7. The molecule has 0 bridgehead atoms. The van der Waals surface area contributed by atoms with Gasteiger partial charge >= 0.3 is 5.97 Å². The van der Waals surface area contributed by atoms with Gasteiger partial charge in [0, 0.05) is 23.2 Å². The number of esters is 1. The van der Waals surface area contributed by atoms with Crippen LogP contribution >= 0.6 is 0 Å². The lowest BCUT2D eigenvalue weighted by molar-refractivity contribution is -0.149. The predicted molar refractivity (Wildman–Crippen MR) is 78.5 cm³/mol. The number of rotatable bonds is 7. The first-order valence-corrected chi connectivity index (χ1v) is 8.17. The Balaban J connectivity index is 2.90. The maximum Gasteiger partial charge on any atom is 0.309 e. The van der Waals surface area contributed by atoms with Gasteiger partial charge in [0.25, 0.3) is 0 Å². The van der Waals surface area contributed by atoms with Crippen LogP contribution in [-0.4, -0.2) is 26.8 Å². The molecule has 0 aromatic heterocycles. The molecule has 0 saturated carbocycles. The smallest absolute Gasteiger partial charge is 0.309 e. The van der Waals surface area contributed by atoms with Gasteiger partial charge < -0.3 is 9.53 Å². The fraction of sp³-hybridized carbons (Fsp3) is 0.467. The van der Waals surface area contributed by atoms with Gasteiger partial charge in [-0.25, -0.2) is 8.42 Å². The summed E-state index contributed by atoms with van der Waals surface area (Å²) in [6, 6.07) is 0. The summed E-state index contributed by atoms with van der Waals surface area (Å²) in [5.41, 5.74) is 0.454. The molecule has 0 unspecified atom stereocenters. The summed E-state index contributed by atoms with van der Waals surface area (Å²) >= 11 is 0. The number of hydrogen-bond acceptors (Lipinski definition) is 5. The van der Waals surface area contributed by atoms with Crippen LogP contribution in [0.5, 0.6) is 0 Å². The number of ether oxygens (including phenoxy) is 1. The molecule has 0 aliphatic carbocycles. The molecule has 0 amide bonds. The number of carbonyl (C=O) groups excluding carboxylic acids is 2. The SMILES string of the molecule is C#C[C@@H](C[C@H](CC(C)=O)C(=O)OCC)C1=CS(=O)(=O)C=C1. The van der Waals surface area contributed by atoms with Crippen LogP contribution in [-0.2, 0) is 24.2 Å². The van der Waals surface area contributed by atoms with Gasteiger partial charge in [0.2, 0.25) is 0 Å². The summed E-state index contributed by atoms with van der Waals surface area (Å²) in [5, 5.41) is 2.16. The van der Waals surface area contributed by atoms with Crippen molar-refractivity contribution in [2.45, 2.75) is 26.7 Å². The normalized spacial score (nSPS) is 18.4. The fourth-order valence-electron chi connectivity index (χ4n) is 2.09. The van der Waals surface area contributed by atoms with Crippen molar-refractivity contribution in [1.29, 1.82) is 0 Å². The van der Waals surface area contributed by atoms with E-state index in [1.54, 1.807) is 6.92 Å². The van der Waals surface area contributed by atoms with Gasteiger partial charge in [0.15, 0.2) is 9.84 Å². The van der Waals surface area contributed by atoms with Crippen LogP contribution in [0, 0.1) is 24.2 Å². The second-order valence-corrected chi connectivity index (χ2v) is 6.51. The van der Waals surface area contributed by atoms with E-state index in [0.29, 0.717) is 5.57 Å². The average Bonchev–Trinajstić information content (AvgIpc) is 2.74. The highest BCUT2D eigenvalue weighted by Gasteiger charge is 2.27. The molecule has 114 valence electrons. The van der Waals surface area contributed by atoms with Crippen molar-refractivity contribution >= 4 is 21.6 Å². The molecule has 0 radical (unpaired) electrons. The first kappa shape index (κ1) is 17.2. The highest BCUT2D eigenvalue weighted by molar-refractivity contribution is 7.97. The minimum atomic E-state index is -3.36. The Bertz CT molecular complexity index is 619.